The smallest absolute Gasteiger partial charge is 0.243 e. The van der Waals surface area contributed by atoms with Crippen molar-refractivity contribution in [2.45, 2.75) is 114 Å². The van der Waals surface area contributed by atoms with E-state index >= 15 is 0 Å². The number of hydrogen-bond acceptors (Lipinski definition) is 12. The van der Waals surface area contributed by atoms with Crippen LogP contribution in [0.2, 0.25) is 0 Å². The lowest BCUT2D eigenvalue weighted by atomic mass is 9.97. The highest BCUT2D eigenvalue weighted by molar-refractivity contribution is 5.98. The number of amides is 8. The second-order valence-corrected chi connectivity index (χ2v) is 18.9. The molecule has 0 aliphatic carbocycles. The second-order valence-electron chi connectivity index (χ2n) is 18.9. The van der Waals surface area contributed by atoms with Crippen molar-refractivity contribution >= 4 is 74.9 Å². The van der Waals surface area contributed by atoms with Gasteiger partial charge in [0.25, 0.3) is 0 Å². The molecule has 2 heterocycles. The van der Waals surface area contributed by atoms with E-state index < -0.39 is 96.1 Å². The van der Waals surface area contributed by atoms with E-state index in [1.54, 1.807) is 20.0 Å². The molecular weight excluding hydrogens is 977 g/mol. The van der Waals surface area contributed by atoms with Crippen LogP contribution in [0.3, 0.4) is 0 Å². The Labute approximate surface area is 440 Å². The van der Waals surface area contributed by atoms with Crippen LogP contribution in [-0.4, -0.2) is 130 Å². The highest BCUT2D eigenvalue weighted by Gasteiger charge is 2.33. The van der Waals surface area contributed by atoms with Crippen molar-refractivity contribution in [2.24, 2.45) is 39.6 Å². The number of para-hydroxylation sites is 1. The summed E-state index contributed by atoms with van der Waals surface area (Å²) in [6.07, 6.45) is 5.95. The number of nitrogens with zero attached hydrogens (tertiary/aromatic N) is 2. The summed E-state index contributed by atoms with van der Waals surface area (Å²) in [5.41, 5.74) is 31.4. The minimum absolute atomic E-state index is 0.00523. The molecule has 408 valence electrons. The number of nitrogens with one attached hydrogen (secondary N) is 9. The Morgan fingerprint density at radius 1 is 0.618 bits per heavy atom. The van der Waals surface area contributed by atoms with Crippen molar-refractivity contribution in [3.8, 4) is 0 Å². The van der Waals surface area contributed by atoms with Gasteiger partial charge >= 0.3 is 0 Å². The summed E-state index contributed by atoms with van der Waals surface area (Å²) in [4.78, 5) is 123. The number of rotatable bonds is 30. The number of hydrogen-bond donors (Lipinski definition) is 14. The Hall–Kier alpha value is -8.38. The average Bonchev–Trinajstić information content (AvgIpc) is 4.07. The third kappa shape index (κ3) is 17.6. The van der Waals surface area contributed by atoms with Crippen LogP contribution in [0.25, 0.3) is 21.7 Å². The van der Waals surface area contributed by atoms with Crippen molar-refractivity contribution in [1.82, 2.24) is 52.2 Å². The van der Waals surface area contributed by atoms with E-state index in [9.17, 15) is 38.4 Å². The quantitative estimate of drug-likeness (QED) is 0.0146. The molecule has 0 unspecified atom stereocenters. The number of aliphatic imine (C=N–C) groups is 1. The maximum Gasteiger partial charge on any atom is 0.243 e. The molecular formula is C52H72N16O8. The zero-order valence-electron chi connectivity index (χ0n) is 43.0. The van der Waals surface area contributed by atoms with Crippen molar-refractivity contribution in [3.05, 3.63) is 102 Å². The first-order chi connectivity index (χ1) is 36.3. The van der Waals surface area contributed by atoms with E-state index in [4.69, 9.17) is 28.7 Å². The number of fused-ring (bicyclic) bond motifs is 2. The van der Waals surface area contributed by atoms with Gasteiger partial charge in [-0.25, -0.2) is 4.98 Å². The molecule has 0 bridgehead atoms. The zero-order valence-corrected chi connectivity index (χ0v) is 43.0. The molecule has 0 saturated heterocycles. The molecule has 24 heteroatoms. The van der Waals surface area contributed by atoms with Gasteiger partial charge in [-0.1, -0.05) is 74.5 Å². The molecule has 76 heavy (non-hydrogen) atoms. The molecule has 0 aliphatic rings. The molecule has 24 nitrogen and oxygen atoms in total. The maximum atomic E-state index is 14.6. The Morgan fingerprint density at radius 2 is 1.24 bits per heavy atom. The van der Waals surface area contributed by atoms with Crippen LogP contribution in [-0.2, 0) is 57.6 Å². The molecule has 5 rings (SSSR count). The van der Waals surface area contributed by atoms with Crippen LogP contribution < -0.4 is 65.9 Å². The standard InChI is InChI=1S/C52H72N16O8/c1-29(2)44(45(55)70)68-46(71)30(3)63-49(74)39(18-8-9-20-53)64-43(69)27-61-48(73)41(23-33-25-60-38-17-7-6-16-36(33)38)67-50(75)40(19-11-21-59-52(56)57)65-51(76)42(66-47(72)37(54)24-34-26-58-28-62-34)22-32-14-10-13-31-12-4-5-15-35(31)32/h4-7,10,12-17,25-26,28-30,37,39-42,44,60H,8-9,11,18-24,27,53-54H2,1-3H3,(H2,55,70)(H,58,62)(H,61,73)(H,63,74)(H,64,69)(H,65,76)(H,66,72)(H,67,75)(H,68,71)(H4,56,57,59)/t30-,37+,39+,40+,41+,42-,44+/m1/s1. The normalized spacial score (nSPS) is 14.0. The lowest BCUT2D eigenvalue weighted by Crippen LogP contribution is -2.59. The topological polar surface area (TPSA) is 408 Å². The number of aromatic nitrogens is 3. The molecule has 0 saturated carbocycles. The SMILES string of the molecule is CC(C)[C@H](NC(=O)[C@@H](C)NC(=O)[C@H](CCCCN)NC(=O)CNC(=O)[C@H](Cc1c[nH]c2ccccc12)NC(=O)[C@H](CCCN=C(N)N)NC(=O)[C@@H](Cc1cccc2ccccc12)NC(=O)[C@@H](N)Cc1cnc[nH]1)C(N)=O. The largest absolute Gasteiger partial charge is 0.370 e. The number of primary amides is 1. The molecule has 2 aromatic heterocycles. The summed E-state index contributed by atoms with van der Waals surface area (Å²) in [6.45, 7) is 4.58. The Balaban J connectivity index is 1.37. The monoisotopic (exact) mass is 1050 g/mol. The summed E-state index contributed by atoms with van der Waals surface area (Å²) in [7, 11) is 0. The highest BCUT2D eigenvalue weighted by atomic mass is 16.2. The fraction of sp³-hybridized carbons (Fsp3) is 0.423. The summed E-state index contributed by atoms with van der Waals surface area (Å²) in [6, 6.07) is 12.2. The Kier molecular flexibility index (Phi) is 22.3. The number of imidazole rings is 1. The number of carbonyl (C=O) groups is 8. The van der Waals surface area contributed by atoms with Crippen molar-refractivity contribution < 1.29 is 38.4 Å². The van der Waals surface area contributed by atoms with Crippen LogP contribution in [0.1, 0.15) is 69.7 Å². The van der Waals surface area contributed by atoms with Crippen LogP contribution in [0.4, 0.5) is 0 Å². The van der Waals surface area contributed by atoms with Crippen molar-refractivity contribution in [2.75, 3.05) is 19.6 Å². The van der Waals surface area contributed by atoms with Crippen LogP contribution in [0.15, 0.2) is 90.4 Å². The first-order valence-corrected chi connectivity index (χ1v) is 25.2. The minimum Gasteiger partial charge on any atom is -0.370 e. The first kappa shape index (κ1) is 58.5. The van der Waals surface area contributed by atoms with Gasteiger partial charge in [-0.05, 0) is 79.5 Å². The van der Waals surface area contributed by atoms with Gasteiger partial charge < -0.3 is 75.9 Å². The number of guanidine groups is 1. The van der Waals surface area contributed by atoms with Gasteiger partial charge in [0, 0.05) is 54.8 Å². The lowest BCUT2D eigenvalue weighted by Gasteiger charge is -2.26. The zero-order chi connectivity index (χ0) is 55.3. The minimum atomic E-state index is -1.35. The number of carbonyl (C=O) groups excluding carboxylic acids is 8. The molecule has 8 amide bonds. The molecule has 0 radical (unpaired) electrons. The van der Waals surface area contributed by atoms with Gasteiger partial charge in [0.05, 0.1) is 18.9 Å². The maximum absolute atomic E-state index is 14.6. The fourth-order valence-electron chi connectivity index (χ4n) is 8.47. The third-order valence-corrected chi connectivity index (χ3v) is 12.6. The number of benzene rings is 3. The average molecular weight is 1050 g/mol. The van der Waals surface area contributed by atoms with Crippen molar-refractivity contribution in [1.29, 1.82) is 0 Å². The van der Waals surface area contributed by atoms with E-state index in [2.05, 4.69) is 57.2 Å². The van der Waals surface area contributed by atoms with Crippen molar-refractivity contribution in [3.63, 3.8) is 0 Å². The third-order valence-electron chi connectivity index (χ3n) is 12.6. The van der Waals surface area contributed by atoms with E-state index in [1.807, 2.05) is 66.7 Å². The van der Waals surface area contributed by atoms with E-state index in [-0.39, 0.29) is 56.9 Å². The predicted molar refractivity (Wildman–Crippen MR) is 287 cm³/mol. The predicted octanol–water partition coefficient (Wildman–Crippen LogP) is -1.23. The number of nitrogens with two attached hydrogens (primary N) is 5. The first-order valence-electron chi connectivity index (χ1n) is 25.2. The van der Waals surface area contributed by atoms with Gasteiger partial charge in [0.1, 0.15) is 36.3 Å². The highest BCUT2D eigenvalue weighted by Crippen LogP contribution is 2.22. The van der Waals surface area contributed by atoms with Gasteiger partial charge in [0.2, 0.25) is 47.3 Å². The number of unbranched alkanes of at least 4 members (excludes halogenated alkanes) is 1. The molecule has 0 fully saturated rings. The summed E-state index contributed by atoms with van der Waals surface area (Å²) >= 11 is 0. The summed E-state index contributed by atoms with van der Waals surface area (Å²) < 4.78 is 0. The Bertz CT molecular complexity index is 2810. The summed E-state index contributed by atoms with van der Waals surface area (Å²) in [5, 5.41) is 21.2. The summed E-state index contributed by atoms with van der Waals surface area (Å²) in [5.74, 6) is -6.31. The number of H-pyrrole nitrogens is 2. The molecule has 3 aromatic carbocycles. The van der Waals surface area contributed by atoms with Crippen LogP contribution >= 0.6 is 0 Å². The van der Waals surface area contributed by atoms with E-state index in [1.165, 1.54) is 19.4 Å². The molecule has 7 atom stereocenters. The van der Waals surface area contributed by atoms with Crippen LogP contribution in [0, 0.1) is 5.92 Å². The van der Waals surface area contributed by atoms with Crippen LogP contribution in [0.5, 0.6) is 0 Å². The van der Waals surface area contributed by atoms with Gasteiger partial charge in [-0.15, -0.1) is 0 Å². The molecule has 5 aromatic rings. The molecule has 0 aliphatic heterocycles. The van der Waals surface area contributed by atoms with Gasteiger partial charge in [-0.2, -0.15) is 0 Å². The molecule has 19 N–H and O–H groups in total. The van der Waals surface area contributed by atoms with E-state index in [0.717, 1.165) is 27.2 Å². The van der Waals surface area contributed by atoms with Gasteiger partial charge in [-0.3, -0.25) is 43.3 Å². The fourth-order valence-corrected chi connectivity index (χ4v) is 8.47. The lowest BCUT2D eigenvalue weighted by molar-refractivity contribution is -0.134. The Morgan fingerprint density at radius 3 is 1.93 bits per heavy atom. The second kappa shape index (κ2) is 28.9. The molecule has 0 spiro atoms. The van der Waals surface area contributed by atoms with E-state index in [0.29, 0.717) is 30.6 Å². The number of aromatic amines is 2. The van der Waals surface area contributed by atoms with Gasteiger partial charge in [0.15, 0.2) is 5.96 Å².